The molecule has 8 heteroatoms. The Morgan fingerprint density at radius 3 is 2.46 bits per heavy atom. The molecule has 0 saturated carbocycles. The van der Waals surface area contributed by atoms with Gasteiger partial charge in [-0.2, -0.15) is 5.26 Å². The Morgan fingerprint density at radius 1 is 1.18 bits per heavy atom. The van der Waals surface area contributed by atoms with Crippen molar-refractivity contribution in [2.75, 3.05) is 14.2 Å². The van der Waals surface area contributed by atoms with Crippen LogP contribution in [0.4, 0.5) is 5.69 Å². The lowest BCUT2D eigenvalue weighted by Gasteiger charge is -2.08. The number of nitrogens with one attached hydrogen (secondary N) is 1. The number of nitro groups is 1. The van der Waals surface area contributed by atoms with Crippen LogP contribution in [-0.2, 0) is 0 Å². The molecule has 8 nitrogen and oxygen atoms in total. The minimum Gasteiger partial charge on any atom is -0.496 e. The molecule has 2 aromatic carbocycles. The molecule has 0 aliphatic carbocycles. The van der Waals surface area contributed by atoms with E-state index in [1.165, 1.54) is 32.4 Å². The topological polar surface area (TPSA) is 114 Å². The minimum absolute atomic E-state index is 0.0761. The third-order valence-corrected chi connectivity index (χ3v) is 4.50. The summed E-state index contributed by atoms with van der Waals surface area (Å²) in [6.45, 7) is 3.99. The number of hydrogen-bond donors (Lipinski definition) is 1. The van der Waals surface area contributed by atoms with E-state index in [0.717, 1.165) is 22.2 Å². The van der Waals surface area contributed by atoms with Gasteiger partial charge in [0.05, 0.1) is 35.7 Å². The van der Waals surface area contributed by atoms with E-state index < -0.39 is 4.92 Å². The van der Waals surface area contributed by atoms with Gasteiger partial charge in [-0.1, -0.05) is 0 Å². The van der Waals surface area contributed by atoms with Crippen LogP contribution in [0.2, 0.25) is 0 Å². The Morgan fingerprint density at radius 2 is 1.86 bits per heavy atom. The highest BCUT2D eigenvalue weighted by atomic mass is 16.6. The van der Waals surface area contributed by atoms with Gasteiger partial charge in [0.2, 0.25) is 5.75 Å². The number of benzene rings is 2. The molecular weight excluding hydrogens is 360 g/mol. The first-order chi connectivity index (χ1) is 13.4. The smallest absolute Gasteiger partial charge is 0.311 e. The number of ether oxygens (including phenoxy) is 2. The quantitative estimate of drug-likeness (QED) is 0.405. The highest BCUT2D eigenvalue weighted by molar-refractivity contribution is 5.92. The number of rotatable bonds is 5. The Hall–Kier alpha value is -3.86. The van der Waals surface area contributed by atoms with Crippen LogP contribution in [-0.4, -0.2) is 29.1 Å². The molecule has 0 atom stereocenters. The molecule has 0 aliphatic rings. The van der Waals surface area contributed by atoms with Crippen molar-refractivity contribution in [1.29, 1.82) is 5.26 Å². The van der Waals surface area contributed by atoms with E-state index in [2.05, 4.69) is 16.0 Å². The number of allylic oxidation sites excluding steroid dienone is 1. The van der Waals surface area contributed by atoms with Crippen molar-refractivity contribution < 1.29 is 14.4 Å². The number of nitriles is 1. The van der Waals surface area contributed by atoms with Gasteiger partial charge in [-0.05, 0) is 43.2 Å². The van der Waals surface area contributed by atoms with Crippen molar-refractivity contribution in [2.45, 2.75) is 13.8 Å². The van der Waals surface area contributed by atoms with E-state index in [1.807, 2.05) is 26.0 Å². The lowest BCUT2D eigenvalue weighted by atomic mass is 10.1. The van der Waals surface area contributed by atoms with Gasteiger partial charge in [0, 0.05) is 17.7 Å². The van der Waals surface area contributed by atoms with Crippen LogP contribution in [0.15, 0.2) is 24.3 Å². The molecule has 1 aromatic heterocycles. The monoisotopic (exact) mass is 378 g/mol. The SMILES string of the molecule is COc1cc(OC)c([N+](=O)[O-])cc1/C=C(/C#N)c1nc2cc(C)c(C)cc2[nH]1. The average Bonchev–Trinajstić information content (AvgIpc) is 3.07. The van der Waals surface area contributed by atoms with Crippen LogP contribution in [0, 0.1) is 35.3 Å². The molecular formula is C20H18N4O4. The zero-order chi connectivity index (χ0) is 20.4. The predicted octanol–water partition coefficient (Wildman–Crippen LogP) is 4.17. The molecule has 142 valence electrons. The second-order valence-electron chi connectivity index (χ2n) is 6.23. The van der Waals surface area contributed by atoms with Crippen molar-refractivity contribution in [2.24, 2.45) is 0 Å². The Bertz CT molecular complexity index is 1120. The highest BCUT2D eigenvalue weighted by Gasteiger charge is 2.20. The number of aromatic nitrogens is 2. The number of fused-ring (bicyclic) bond motifs is 1. The first kappa shape index (κ1) is 18.9. The van der Waals surface area contributed by atoms with Crippen molar-refractivity contribution in [1.82, 2.24) is 9.97 Å². The van der Waals surface area contributed by atoms with Crippen LogP contribution in [0.1, 0.15) is 22.5 Å². The summed E-state index contributed by atoms with van der Waals surface area (Å²) in [5.74, 6) is 0.799. The van der Waals surface area contributed by atoms with Crippen molar-refractivity contribution in [3.63, 3.8) is 0 Å². The summed E-state index contributed by atoms with van der Waals surface area (Å²) in [4.78, 5) is 18.4. The van der Waals surface area contributed by atoms with Gasteiger partial charge in [0.15, 0.2) is 0 Å². The lowest BCUT2D eigenvalue weighted by molar-refractivity contribution is -0.385. The number of hydrogen-bond acceptors (Lipinski definition) is 6. The van der Waals surface area contributed by atoms with Crippen molar-refractivity contribution >= 4 is 28.4 Å². The molecule has 0 fully saturated rings. The number of aromatic amines is 1. The lowest BCUT2D eigenvalue weighted by Crippen LogP contribution is -1.97. The maximum Gasteiger partial charge on any atom is 0.311 e. The van der Waals surface area contributed by atoms with E-state index in [0.29, 0.717) is 17.1 Å². The van der Waals surface area contributed by atoms with Crippen LogP contribution < -0.4 is 9.47 Å². The molecule has 0 spiro atoms. The predicted molar refractivity (Wildman–Crippen MR) is 105 cm³/mol. The molecule has 0 radical (unpaired) electrons. The third-order valence-electron chi connectivity index (χ3n) is 4.50. The van der Waals surface area contributed by atoms with Crippen LogP contribution in [0.5, 0.6) is 11.5 Å². The largest absolute Gasteiger partial charge is 0.496 e. The van der Waals surface area contributed by atoms with E-state index in [-0.39, 0.29) is 17.0 Å². The summed E-state index contributed by atoms with van der Waals surface area (Å²) in [5.41, 5.74) is 4.14. The van der Waals surface area contributed by atoms with Gasteiger partial charge in [-0.15, -0.1) is 0 Å². The molecule has 28 heavy (non-hydrogen) atoms. The first-order valence-corrected chi connectivity index (χ1v) is 8.37. The third kappa shape index (κ3) is 3.38. The molecule has 0 bridgehead atoms. The van der Waals surface area contributed by atoms with Crippen LogP contribution >= 0.6 is 0 Å². The van der Waals surface area contributed by atoms with Gasteiger partial charge in [0.1, 0.15) is 17.6 Å². The van der Waals surface area contributed by atoms with E-state index >= 15 is 0 Å². The second kappa shape index (κ2) is 7.40. The Balaban J connectivity index is 2.16. The van der Waals surface area contributed by atoms with Gasteiger partial charge in [-0.3, -0.25) is 10.1 Å². The van der Waals surface area contributed by atoms with E-state index in [4.69, 9.17) is 9.47 Å². The molecule has 3 aromatic rings. The maximum atomic E-state index is 11.3. The first-order valence-electron chi connectivity index (χ1n) is 8.37. The number of imidazole rings is 1. The molecule has 0 amide bonds. The number of nitro benzene ring substituents is 1. The van der Waals surface area contributed by atoms with E-state index in [9.17, 15) is 15.4 Å². The maximum absolute atomic E-state index is 11.3. The van der Waals surface area contributed by atoms with Crippen LogP contribution in [0.25, 0.3) is 22.7 Å². The average molecular weight is 378 g/mol. The minimum atomic E-state index is -0.547. The van der Waals surface area contributed by atoms with E-state index in [1.54, 1.807) is 0 Å². The fourth-order valence-electron chi connectivity index (χ4n) is 2.87. The number of nitrogens with zero attached hydrogens (tertiary/aromatic N) is 3. The number of aryl methyl sites for hydroxylation is 2. The molecule has 1 N–H and O–H groups in total. The molecule has 3 rings (SSSR count). The highest BCUT2D eigenvalue weighted by Crippen LogP contribution is 2.36. The standard InChI is InChI=1S/C20H18N4O4/c1-11-5-15-16(6-12(11)2)23-20(22-15)14(10-21)7-13-8-17(24(25)26)19(28-4)9-18(13)27-3/h5-9H,1-4H3,(H,22,23)/b14-7-. The molecule has 0 saturated heterocycles. The number of methoxy groups -OCH3 is 2. The molecule has 1 heterocycles. The zero-order valence-electron chi connectivity index (χ0n) is 15.9. The van der Waals surface area contributed by atoms with Crippen molar-refractivity contribution in [3.05, 3.63) is 56.9 Å². The summed E-state index contributed by atoms with van der Waals surface area (Å²) in [6, 6.07) is 8.74. The van der Waals surface area contributed by atoms with Gasteiger partial charge in [-0.25, -0.2) is 4.98 Å². The van der Waals surface area contributed by atoms with Crippen molar-refractivity contribution in [3.8, 4) is 17.6 Å². The van der Waals surface area contributed by atoms with Gasteiger partial charge < -0.3 is 14.5 Å². The van der Waals surface area contributed by atoms with Gasteiger partial charge in [0.25, 0.3) is 0 Å². The zero-order valence-corrected chi connectivity index (χ0v) is 15.9. The summed E-state index contributed by atoms with van der Waals surface area (Å²) < 4.78 is 10.4. The fourth-order valence-corrected chi connectivity index (χ4v) is 2.87. The second-order valence-corrected chi connectivity index (χ2v) is 6.23. The Kier molecular flexibility index (Phi) is 5.00. The normalized spacial score (nSPS) is 11.3. The van der Waals surface area contributed by atoms with Crippen LogP contribution in [0.3, 0.4) is 0 Å². The van der Waals surface area contributed by atoms with Gasteiger partial charge >= 0.3 is 5.69 Å². The summed E-state index contributed by atoms with van der Waals surface area (Å²) in [5, 5.41) is 21.0. The Labute approximate surface area is 161 Å². The summed E-state index contributed by atoms with van der Waals surface area (Å²) in [7, 11) is 2.78. The summed E-state index contributed by atoms with van der Waals surface area (Å²) >= 11 is 0. The molecule has 0 aliphatic heterocycles. The number of H-pyrrole nitrogens is 1. The summed E-state index contributed by atoms with van der Waals surface area (Å²) in [6.07, 6.45) is 1.50. The fraction of sp³-hybridized carbons (Fsp3) is 0.200. The molecule has 0 unspecified atom stereocenters.